The minimum Gasteiger partial charge on any atom is -0.493 e. The Morgan fingerprint density at radius 3 is 2.04 bits per heavy atom. The Hall–Kier alpha value is -2.26. The zero-order valence-corrected chi connectivity index (χ0v) is 16.8. The molecule has 0 aliphatic carbocycles. The van der Waals surface area contributed by atoms with E-state index < -0.39 is 20.1 Å². The Morgan fingerprint density at radius 2 is 1.50 bits per heavy atom. The molecule has 0 radical (unpaired) electrons. The van der Waals surface area contributed by atoms with Gasteiger partial charge < -0.3 is 8.92 Å². The first kappa shape index (κ1) is 20.1. The molecule has 0 saturated carbocycles. The predicted molar refractivity (Wildman–Crippen MR) is 99.9 cm³/mol. The van der Waals surface area contributed by atoms with Gasteiger partial charge in [0.15, 0.2) is 11.5 Å². The summed E-state index contributed by atoms with van der Waals surface area (Å²) in [5.41, 5.74) is 1.55. The first-order valence-corrected chi connectivity index (χ1v) is 10.9. The number of para-hydroxylation sites is 2. The van der Waals surface area contributed by atoms with E-state index in [1.807, 2.05) is 0 Å². The Labute approximate surface area is 154 Å². The molecule has 0 amide bonds. The van der Waals surface area contributed by atoms with E-state index in [1.54, 1.807) is 38.1 Å². The molecule has 0 spiro atoms. The van der Waals surface area contributed by atoms with Gasteiger partial charge in [-0.15, -0.1) is 0 Å². The van der Waals surface area contributed by atoms with Crippen LogP contribution in [0.15, 0.2) is 35.2 Å². The Bertz CT molecular complexity index is 1040. The average Bonchev–Trinajstić information content (AvgIpc) is 2.50. The van der Waals surface area contributed by atoms with Crippen LogP contribution in [-0.2, 0) is 20.1 Å². The molecule has 0 unspecified atom stereocenters. The molecule has 0 aliphatic heterocycles. The molecule has 0 fully saturated rings. The fraction of sp³-hybridized carbons (Fsp3) is 0.294. The molecule has 7 nitrogen and oxygen atoms in total. The van der Waals surface area contributed by atoms with Gasteiger partial charge in [-0.3, -0.25) is 4.72 Å². The molecule has 9 heteroatoms. The number of sulfonamides is 1. The third-order valence-electron chi connectivity index (χ3n) is 3.71. The van der Waals surface area contributed by atoms with Gasteiger partial charge in [0.25, 0.3) is 0 Å². The molecule has 1 N–H and O–H groups in total. The van der Waals surface area contributed by atoms with Crippen LogP contribution < -0.4 is 13.6 Å². The second kappa shape index (κ2) is 7.16. The predicted octanol–water partition coefficient (Wildman–Crippen LogP) is 2.76. The summed E-state index contributed by atoms with van der Waals surface area (Å²) in [5, 5.41) is 0. The standard InChI is InChI=1S/C17H21NO6S2/c1-11-10-12(2)17(13(3)16(11)18-25(5,19)20)26(21,22)24-15-9-7-6-8-14(15)23-4/h6-10,18H,1-5H3. The van der Waals surface area contributed by atoms with Crippen molar-refractivity contribution in [3.8, 4) is 11.5 Å². The molecule has 2 aromatic rings. The number of methoxy groups -OCH3 is 1. The van der Waals surface area contributed by atoms with Crippen LogP contribution in [0.4, 0.5) is 5.69 Å². The molecule has 26 heavy (non-hydrogen) atoms. The zero-order valence-electron chi connectivity index (χ0n) is 15.2. The van der Waals surface area contributed by atoms with Gasteiger partial charge in [-0.25, -0.2) is 8.42 Å². The van der Waals surface area contributed by atoms with Crippen molar-refractivity contribution in [2.24, 2.45) is 0 Å². The average molecular weight is 399 g/mol. The molecule has 142 valence electrons. The number of rotatable bonds is 6. The van der Waals surface area contributed by atoms with Gasteiger partial charge in [0.05, 0.1) is 19.1 Å². The first-order chi connectivity index (χ1) is 12.0. The Balaban J connectivity index is 2.61. The van der Waals surface area contributed by atoms with Crippen LogP contribution in [0.5, 0.6) is 11.5 Å². The highest BCUT2D eigenvalue weighted by Crippen LogP contribution is 2.34. The van der Waals surface area contributed by atoms with Crippen molar-refractivity contribution in [2.75, 3.05) is 18.1 Å². The summed E-state index contributed by atoms with van der Waals surface area (Å²) in [5.74, 6) is 0.319. The van der Waals surface area contributed by atoms with Crippen molar-refractivity contribution in [1.82, 2.24) is 0 Å². The smallest absolute Gasteiger partial charge is 0.339 e. The van der Waals surface area contributed by atoms with Gasteiger partial charge >= 0.3 is 10.1 Å². The molecule has 0 heterocycles. The van der Waals surface area contributed by atoms with Crippen LogP contribution in [0.3, 0.4) is 0 Å². The van der Waals surface area contributed by atoms with Gasteiger partial charge in [-0.1, -0.05) is 18.2 Å². The van der Waals surface area contributed by atoms with E-state index >= 15 is 0 Å². The van der Waals surface area contributed by atoms with Gasteiger partial charge in [0.2, 0.25) is 10.0 Å². The first-order valence-electron chi connectivity index (χ1n) is 7.62. The lowest BCUT2D eigenvalue weighted by Crippen LogP contribution is -2.17. The van der Waals surface area contributed by atoms with Gasteiger partial charge in [0.1, 0.15) is 4.90 Å². The van der Waals surface area contributed by atoms with Crippen LogP contribution in [0.25, 0.3) is 0 Å². The van der Waals surface area contributed by atoms with E-state index in [0.717, 1.165) is 6.26 Å². The molecule has 0 saturated heterocycles. The number of hydrogen-bond donors (Lipinski definition) is 1. The molecule has 0 bridgehead atoms. The summed E-state index contributed by atoms with van der Waals surface area (Å²) in [6.45, 7) is 4.86. The second-order valence-corrected chi connectivity index (χ2v) is 9.13. The molecular formula is C17H21NO6S2. The monoisotopic (exact) mass is 399 g/mol. The fourth-order valence-corrected chi connectivity index (χ4v) is 4.81. The number of anilines is 1. The van der Waals surface area contributed by atoms with E-state index in [0.29, 0.717) is 11.1 Å². The number of nitrogens with one attached hydrogen (secondary N) is 1. The zero-order chi connectivity index (χ0) is 19.7. The number of benzene rings is 2. The van der Waals surface area contributed by atoms with E-state index in [2.05, 4.69) is 4.72 Å². The summed E-state index contributed by atoms with van der Waals surface area (Å²) in [6.07, 6.45) is 1.01. The highest BCUT2D eigenvalue weighted by Gasteiger charge is 2.26. The molecule has 0 aromatic heterocycles. The Kier molecular flexibility index (Phi) is 5.52. The van der Waals surface area contributed by atoms with Crippen LogP contribution >= 0.6 is 0 Å². The largest absolute Gasteiger partial charge is 0.493 e. The van der Waals surface area contributed by atoms with E-state index in [4.69, 9.17) is 8.92 Å². The highest BCUT2D eigenvalue weighted by atomic mass is 32.2. The van der Waals surface area contributed by atoms with Crippen molar-refractivity contribution in [3.05, 3.63) is 47.0 Å². The lowest BCUT2D eigenvalue weighted by Gasteiger charge is -2.18. The summed E-state index contributed by atoms with van der Waals surface area (Å²) in [6, 6.07) is 7.97. The minimum absolute atomic E-state index is 0.0481. The SMILES string of the molecule is COc1ccccc1OS(=O)(=O)c1c(C)cc(C)c(NS(C)(=O)=O)c1C. The summed E-state index contributed by atoms with van der Waals surface area (Å²) >= 11 is 0. The summed E-state index contributed by atoms with van der Waals surface area (Å²) < 4.78 is 61.8. The molecule has 0 atom stereocenters. The Morgan fingerprint density at radius 1 is 0.923 bits per heavy atom. The van der Waals surface area contributed by atoms with Crippen molar-refractivity contribution in [2.45, 2.75) is 25.7 Å². The van der Waals surface area contributed by atoms with Crippen LogP contribution in [0, 0.1) is 20.8 Å². The molecular weight excluding hydrogens is 378 g/mol. The normalized spacial score (nSPS) is 11.9. The third-order valence-corrected chi connectivity index (χ3v) is 5.81. The minimum atomic E-state index is -4.22. The van der Waals surface area contributed by atoms with Gasteiger partial charge in [-0.2, -0.15) is 8.42 Å². The molecule has 2 aromatic carbocycles. The fourth-order valence-electron chi connectivity index (χ4n) is 2.74. The number of aryl methyl sites for hydroxylation is 2. The molecule has 2 rings (SSSR count). The maximum absolute atomic E-state index is 12.9. The van der Waals surface area contributed by atoms with Crippen LogP contribution in [0.1, 0.15) is 16.7 Å². The maximum Gasteiger partial charge on any atom is 0.339 e. The van der Waals surface area contributed by atoms with Crippen molar-refractivity contribution < 1.29 is 25.8 Å². The second-order valence-electron chi connectivity index (χ2n) is 5.90. The quantitative estimate of drug-likeness (QED) is 0.750. The van der Waals surface area contributed by atoms with Crippen LogP contribution in [-0.4, -0.2) is 30.2 Å². The molecule has 0 aliphatic rings. The van der Waals surface area contributed by atoms with Crippen molar-refractivity contribution in [1.29, 1.82) is 0 Å². The summed E-state index contributed by atoms with van der Waals surface area (Å²) in [4.78, 5) is -0.0832. The lowest BCUT2D eigenvalue weighted by molar-refractivity contribution is 0.390. The van der Waals surface area contributed by atoms with Crippen molar-refractivity contribution in [3.63, 3.8) is 0 Å². The van der Waals surface area contributed by atoms with E-state index in [-0.39, 0.29) is 27.6 Å². The summed E-state index contributed by atoms with van der Waals surface area (Å²) in [7, 11) is -6.38. The highest BCUT2D eigenvalue weighted by molar-refractivity contribution is 7.92. The number of ether oxygens (including phenoxy) is 1. The van der Waals surface area contributed by atoms with E-state index in [9.17, 15) is 16.8 Å². The van der Waals surface area contributed by atoms with Gasteiger partial charge in [-0.05, 0) is 49.6 Å². The van der Waals surface area contributed by atoms with Gasteiger partial charge in [0, 0.05) is 0 Å². The topological polar surface area (TPSA) is 98.8 Å². The third kappa shape index (κ3) is 4.28. The van der Waals surface area contributed by atoms with Crippen molar-refractivity contribution >= 4 is 25.8 Å². The van der Waals surface area contributed by atoms with E-state index in [1.165, 1.54) is 20.1 Å². The van der Waals surface area contributed by atoms with Crippen LogP contribution in [0.2, 0.25) is 0 Å². The number of hydrogen-bond acceptors (Lipinski definition) is 6. The lowest BCUT2D eigenvalue weighted by atomic mass is 10.1. The maximum atomic E-state index is 12.9.